The lowest BCUT2D eigenvalue weighted by atomic mass is 9.91. The molecule has 1 N–H and O–H groups in total. The highest BCUT2D eigenvalue weighted by Gasteiger charge is 2.24. The number of allylic oxidation sites excluding steroid dienone is 3. The zero-order valence-electron chi connectivity index (χ0n) is 11.1. The molecule has 6 heteroatoms. The van der Waals surface area contributed by atoms with Gasteiger partial charge in [-0.1, -0.05) is 17.7 Å². The lowest BCUT2D eigenvalue weighted by Gasteiger charge is -2.16. The zero-order valence-corrected chi connectivity index (χ0v) is 11.8. The molecule has 0 aromatic heterocycles. The molecule has 0 fully saturated rings. The van der Waals surface area contributed by atoms with Crippen molar-refractivity contribution in [2.24, 2.45) is 4.99 Å². The van der Waals surface area contributed by atoms with Gasteiger partial charge < -0.3 is 10.1 Å². The first-order valence-corrected chi connectivity index (χ1v) is 6.64. The van der Waals surface area contributed by atoms with Crippen LogP contribution in [0, 0.1) is 0 Å². The summed E-state index contributed by atoms with van der Waals surface area (Å²) in [7, 11) is 1.33. The molecule has 0 bridgehead atoms. The molecule has 1 aliphatic carbocycles. The van der Waals surface area contributed by atoms with Gasteiger partial charge in [-0.05, 0) is 35.9 Å². The summed E-state index contributed by atoms with van der Waals surface area (Å²) in [5.41, 5.74) is 2.46. The number of methoxy groups -OCH3 is 1. The largest absolute Gasteiger partial charge is 0.465 e. The first kappa shape index (κ1) is 13.6. The summed E-state index contributed by atoms with van der Waals surface area (Å²) in [6, 6.07) is 4.59. The molecule has 1 aromatic rings. The van der Waals surface area contributed by atoms with Crippen molar-refractivity contribution in [2.45, 2.75) is 5.92 Å². The van der Waals surface area contributed by atoms with Gasteiger partial charge in [0.25, 0.3) is 0 Å². The van der Waals surface area contributed by atoms with Crippen LogP contribution in [0.2, 0.25) is 5.02 Å². The molecule has 2 aliphatic rings. The minimum Gasteiger partial charge on any atom is -0.465 e. The number of ether oxygens (including phenoxy) is 1. The van der Waals surface area contributed by atoms with Crippen LogP contribution in [0.4, 0.5) is 4.79 Å². The number of halogens is 1. The third-order valence-corrected chi connectivity index (χ3v) is 3.67. The quantitative estimate of drug-likeness (QED) is 0.854. The Bertz CT molecular complexity index is 734. The number of esters is 1. The van der Waals surface area contributed by atoms with Crippen LogP contribution in [-0.2, 0) is 4.74 Å². The van der Waals surface area contributed by atoms with Crippen LogP contribution < -0.4 is 5.32 Å². The number of hydrogen-bond acceptors (Lipinski definition) is 3. The van der Waals surface area contributed by atoms with Crippen LogP contribution in [0.1, 0.15) is 21.8 Å². The summed E-state index contributed by atoms with van der Waals surface area (Å²) in [5, 5.41) is 3.20. The third-order valence-electron chi connectivity index (χ3n) is 3.32. The SMILES string of the molecule is COC(=O)c1ccc(Cl)c(C2C=CC3=NC(=O)NC3=C2)c1. The summed E-state index contributed by atoms with van der Waals surface area (Å²) in [6.45, 7) is 0. The van der Waals surface area contributed by atoms with Gasteiger partial charge in [-0.25, -0.2) is 9.59 Å². The van der Waals surface area contributed by atoms with Gasteiger partial charge in [-0.2, -0.15) is 4.99 Å². The second kappa shape index (κ2) is 5.18. The number of rotatable bonds is 2. The van der Waals surface area contributed by atoms with Gasteiger partial charge in [-0.3, -0.25) is 0 Å². The van der Waals surface area contributed by atoms with Crippen molar-refractivity contribution in [2.75, 3.05) is 7.11 Å². The molecule has 0 saturated carbocycles. The molecule has 0 radical (unpaired) electrons. The number of carbonyl (C=O) groups excluding carboxylic acids is 2. The van der Waals surface area contributed by atoms with Crippen LogP contribution in [0.3, 0.4) is 0 Å². The first-order valence-electron chi connectivity index (χ1n) is 6.26. The van der Waals surface area contributed by atoms with E-state index in [0.29, 0.717) is 22.0 Å². The van der Waals surface area contributed by atoms with Crippen molar-refractivity contribution in [1.82, 2.24) is 5.32 Å². The molecule has 1 aromatic carbocycles. The number of nitrogens with zero attached hydrogens (tertiary/aromatic N) is 1. The highest BCUT2D eigenvalue weighted by Crippen LogP contribution is 2.31. The Morgan fingerprint density at radius 2 is 2.24 bits per heavy atom. The molecule has 1 heterocycles. The van der Waals surface area contributed by atoms with Crippen LogP contribution in [0.25, 0.3) is 0 Å². The summed E-state index contributed by atoms with van der Waals surface area (Å²) in [6.07, 6.45) is 5.50. The second-order valence-corrected chi connectivity index (χ2v) is 5.03. The Kier molecular flexibility index (Phi) is 3.35. The molecule has 1 atom stereocenters. The monoisotopic (exact) mass is 302 g/mol. The van der Waals surface area contributed by atoms with Crippen LogP contribution in [-0.4, -0.2) is 24.8 Å². The Morgan fingerprint density at radius 3 is 3.00 bits per heavy atom. The van der Waals surface area contributed by atoms with Gasteiger partial charge in [0.15, 0.2) is 0 Å². The summed E-state index contributed by atoms with van der Waals surface area (Å²) in [5.74, 6) is -0.564. The van der Waals surface area contributed by atoms with E-state index in [4.69, 9.17) is 16.3 Å². The van der Waals surface area contributed by atoms with E-state index in [-0.39, 0.29) is 11.9 Å². The fourth-order valence-corrected chi connectivity index (χ4v) is 2.54. The summed E-state index contributed by atoms with van der Waals surface area (Å²) in [4.78, 5) is 26.7. The predicted molar refractivity (Wildman–Crippen MR) is 78.7 cm³/mol. The number of urea groups is 1. The van der Waals surface area contributed by atoms with Crippen LogP contribution in [0.15, 0.2) is 47.1 Å². The van der Waals surface area contributed by atoms with Crippen molar-refractivity contribution in [3.05, 3.63) is 58.3 Å². The first-order chi connectivity index (χ1) is 10.1. The van der Waals surface area contributed by atoms with Gasteiger partial charge in [-0.15, -0.1) is 0 Å². The maximum absolute atomic E-state index is 11.6. The van der Waals surface area contributed by atoms with Crippen molar-refractivity contribution in [3.63, 3.8) is 0 Å². The molecule has 1 unspecified atom stereocenters. The number of hydrogen-bond donors (Lipinski definition) is 1. The Hall–Kier alpha value is -2.40. The van der Waals surface area contributed by atoms with E-state index in [9.17, 15) is 9.59 Å². The van der Waals surface area contributed by atoms with Gasteiger partial charge in [0, 0.05) is 10.9 Å². The smallest absolute Gasteiger partial charge is 0.346 e. The molecule has 1 aliphatic heterocycles. The number of nitrogens with one attached hydrogen (secondary N) is 1. The van der Waals surface area contributed by atoms with E-state index in [1.807, 2.05) is 12.2 Å². The topological polar surface area (TPSA) is 67.8 Å². The van der Waals surface area contributed by atoms with Crippen LogP contribution >= 0.6 is 11.6 Å². The fraction of sp³-hybridized carbons (Fsp3) is 0.133. The molecular formula is C15H11ClN2O3. The van der Waals surface area contributed by atoms with E-state index in [1.54, 1.807) is 24.3 Å². The lowest BCUT2D eigenvalue weighted by molar-refractivity contribution is 0.0600. The van der Waals surface area contributed by atoms with Crippen molar-refractivity contribution in [1.29, 1.82) is 0 Å². The van der Waals surface area contributed by atoms with Crippen molar-refractivity contribution >= 4 is 29.3 Å². The van der Waals surface area contributed by atoms with Gasteiger partial charge >= 0.3 is 12.0 Å². The van der Waals surface area contributed by atoms with Gasteiger partial charge in [0.2, 0.25) is 0 Å². The average molecular weight is 303 g/mol. The highest BCUT2D eigenvalue weighted by atomic mass is 35.5. The standard InChI is InChI=1S/C15H11ClN2O3/c1-21-14(19)9-2-4-11(16)10(6-9)8-3-5-12-13(7-8)18-15(20)17-12/h2-8H,1H3,(H,18,20). The van der Waals surface area contributed by atoms with E-state index in [1.165, 1.54) is 7.11 Å². The van der Waals surface area contributed by atoms with E-state index >= 15 is 0 Å². The number of carbonyl (C=O) groups is 2. The van der Waals surface area contributed by atoms with Crippen molar-refractivity contribution in [3.8, 4) is 0 Å². The number of aliphatic imine (C=N–C) groups is 1. The number of benzene rings is 1. The number of amides is 2. The fourth-order valence-electron chi connectivity index (χ4n) is 2.30. The highest BCUT2D eigenvalue weighted by molar-refractivity contribution is 6.31. The van der Waals surface area contributed by atoms with Gasteiger partial charge in [0.1, 0.15) is 0 Å². The minimum absolute atomic E-state index is 0.144. The number of fused-ring (bicyclic) bond motifs is 1. The van der Waals surface area contributed by atoms with E-state index in [0.717, 1.165) is 5.56 Å². The molecule has 21 heavy (non-hydrogen) atoms. The van der Waals surface area contributed by atoms with E-state index < -0.39 is 5.97 Å². The lowest BCUT2D eigenvalue weighted by Crippen LogP contribution is -2.17. The van der Waals surface area contributed by atoms with Crippen molar-refractivity contribution < 1.29 is 14.3 Å². The molecular weight excluding hydrogens is 292 g/mol. The third kappa shape index (κ3) is 2.48. The molecule has 0 saturated heterocycles. The Balaban J connectivity index is 1.98. The van der Waals surface area contributed by atoms with Gasteiger partial charge in [0.05, 0.1) is 24.1 Å². The van der Waals surface area contributed by atoms with Crippen LogP contribution in [0.5, 0.6) is 0 Å². The second-order valence-electron chi connectivity index (χ2n) is 4.62. The summed E-state index contributed by atoms with van der Waals surface area (Å²) < 4.78 is 4.71. The Morgan fingerprint density at radius 1 is 1.43 bits per heavy atom. The predicted octanol–water partition coefficient (Wildman–Crippen LogP) is 2.83. The summed E-state index contributed by atoms with van der Waals surface area (Å²) >= 11 is 6.22. The molecule has 0 spiro atoms. The average Bonchev–Trinajstić information content (AvgIpc) is 2.86. The maximum atomic E-state index is 11.6. The minimum atomic E-state index is -0.420. The normalized spacial score (nSPS) is 19.5. The molecule has 3 rings (SSSR count). The van der Waals surface area contributed by atoms with E-state index in [2.05, 4.69) is 10.3 Å². The maximum Gasteiger partial charge on any atom is 0.346 e. The zero-order chi connectivity index (χ0) is 15.0. The molecule has 5 nitrogen and oxygen atoms in total. The molecule has 2 amide bonds. The molecule has 106 valence electrons. The Labute approximate surface area is 126 Å².